The number of hydrogen-bond donors (Lipinski definition) is 1. The highest BCUT2D eigenvalue weighted by Gasteiger charge is 2.34. The quantitative estimate of drug-likeness (QED) is 0.628. The van der Waals surface area contributed by atoms with Gasteiger partial charge in [0, 0.05) is 42.9 Å². The third-order valence-electron chi connectivity index (χ3n) is 4.64. The number of benzene rings is 2. The standard InChI is InChI=1S/C22H19FN4O3/c1-22(2)12-15-18(29-14-5-6-17(24-3)16(23)11-14)9-13(10-19(15)30-22)21(28)25-20-7-8-27(4)26-20/h5-11H,12H2,1-2,4H3,(H,25,26,28). The van der Waals surface area contributed by atoms with Crippen LogP contribution >= 0.6 is 0 Å². The van der Waals surface area contributed by atoms with Crippen molar-refractivity contribution in [2.75, 3.05) is 5.32 Å². The summed E-state index contributed by atoms with van der Waals surface area (Å²) in [5.74, 6) is 0.558. The minimum Gasteiger partial charge on any atom is -0.487 e. The summed E-state index contributed by atoms with van der Waals surface area (Å²) in [6.45, 7) is 10.8. The van der Waals surface area contributed by atoms with Crippen LogP contribution in [0, 0.1) is 12.4 Å². The first-order valence-electron chi connectivity index (χ1n) is 9.26. The van der Waals surface area contributed by atoms with E-state index >= 15 is 0 Å². The number of carbonyl (C=O) groups is 1. The number of aryl methyl sites for hydroxylation is 1. The van der Waals surface area contributed by atoms with Gasteiger partial charge in [-0.15, -0.1) is 0 Å². The number of aromatic nitrogens is 2. The van der Waals surface area contributed by atoms with Crippen LogP contribution < -0.4 is 14.8 Å². The van der Waals surface area contributed by atoms with Crippen molar-refractivity contribution in [3.63, 3.8) is 0 Å². The number of nitrogens with zero attached hydrogens (tertiary/aromatic N) is 3. The summed E-state index contributed by atoms with van der Waals surface area (Å²) in [7, 11) is 1.76. The second-order valence-corrected chi connectivity index (χ2v) is 7.65. The SMILES string of the molecule is [C-]#[N+]c1ccc(Oc2cc(C(=O)Nc3ccn(C)n3)cc3c2CC(C)(C)O3)cc1F. The summed E-state index contributed by atoms with van der Waals surface area (Å²) in [5.41, 5.74) is 0.574. The first kappa shape index (κ1) is 19.5. The highest BCUT2D eigenvalue weighted by atomic mass is 19.1. The highest BCUT2D eigenvalue weighted by Crippen LogP contribution is 2.43. The number of anilines is 1. The maximum atomic E-state index is 14.0. The van der Waals surface area contributed by atoms with Crippen LogP contribution in [0.25, 0.3) is 4.85 Å². The molecule has 3 aromatic rings. The van der Waals surface area contributed by atoms with Gasteiger partial charge in [0.25, 0.3) is 5.91 Å². The smallest absolute Gasteiger partial charge is 0.257 e. The molecule has 4 rings (SSSR count). The summed E-state index contributed by atoms with van der Waals surface area (Å²) in [4.78, 5) is 15.9. The van der Waals surface area contributed by atoms with Crippen LogP contribution in [-0.2, 0) is 13.5 Å². The van der Waals surface area contributed by atoms with E-state index in [1.54, 1.807) is 36.1 Å². The Morgan fingerprint density at radius 3 is 2.80 bits per heavy atom. The summed E-state index contributed by atoms with van der Waals surface area (Å²) in [6, 6.07) is 8.98. The third kappa shape index (κ3) is 3.82. The van der Waals surface area contributed by atoms with Gasteiger partial charge in [0.15, 0.2) is 5.82 Å². The van der Waals surface area contributed by atoms with Gasteiger partial charge in [-0.3, -0.25) is 9.48 Å². The lowest BCUT2D eigenvalue weighted by Crippen LogP contribution is -2.24. The molecule has 0 fully saturated rings. The van der Waals surface area contributed by atoms with E-state index in [0.717, 1.165) is 11.6 Å². The Morgan fingerprint density at radius 2 is 2.13 bits per heavy atom. The third-order valence-corrected chi connectivity index (χ3v) is 4.64. The maximum Gasteiger partial charge on any atom is 0.257 e. The molecule has 1 aliphatic rings. The van der Waals surface area contributed by atoms with Crippen molar-refractivity contribution in [3.05, 3.63) is 71.0 Å². The Kier molecular flexibility index (Phi) is 4.66. The molecule has 0 aliphatic carbocycles. The van der Waals surface area contributed by atoms with Crippen LogP contribution in [0.3, 0.4) is 0 Å². The van der Waals surface area contributed by atoms with Crippen LogP contribution in [-0.4, -0.2) is 21.3 Å². The second-order valence-electron chi connectivity index (χ2n) is 7.65. The normalized spacial score (nSPS) is 13.8. The Labute approximate surface area is 172 Å². The molecule has 0 saturated heterocycles. The van der Waals surface area contributed by atoms with Gasteiger partial charge in [0.1, 0.15) is 28.7 Å². The van der Waals surface area contributed by atoms with Crippen LogP contribution in [0.1, 0.15) is 29.8 Å². The molecule has 1 amide bonds. The predicted molar refractivity (Wildman–Crippen MR) is 109 cm³/mol. The van der Waals surface area contributed by atoms with Crippen molar-refractivity contribution in [1.29, 1.82) is 0 Å². The van der Waals surface area contributed by atoms with Crippen LogP contribution in [0.2, 0.25) is 0 Å². The van der Waals surface area contributed by atoms with E-state index in [1.165, 1.54) is 12.1 Å². The van der Waals surface area contributed by atoms with E-state index in [4.69, 9.17) is 16.0 Å². The molecule has 8 heteroatoms. The summed E-state index contributed by atoms with van der Waals surface area (Å²) < 4.78 is 27.5. The molecule has 152 valence electrons. The number of carbonyl (C=O) groups excluding carboxylic acids is 1. The molecule has 1 N–H and O–H groups in total. The molecule has 0 radical (unpaired) electrons. The molecule has 0 unspecified atom stereocenters. The monoisotopic (exact) mass is 406 g/mol. The van der Waals surface area contributed by atoms with Gasteiger partial charge < -0.3 is 14.8 Å². The maximum absolute atomic E-state index is 14.0. The zero-order chi connectivity index (χ0) is 21.5. The van der Waals surface area contributed by atoms with Crippen LogP contribution in [0.4, 0.5) is 15.9 Å². The molecule has 0 spiro atoms. The van der Waals surface area contributed by atoms with E-state index in [-0.39, 0.29) is 17.3 Å². The van der Waals surface area contributed by atoms with Gasteiger partial charge in [0.2, 0.25) is 5.69 Å². The van der Waals surface area contributed by atoms with E-state index in [9.17, 15) is 9.18 Å². The Hall–Kier alpha value is -3.86. The zero-order valence-corrected chi connectivity index (χ0v) is 16.7. The number of nitrogens with one attached hydrogen (secondary N) is 1. The first-order valence-corrected chi connectivity index (χ1v) is 9.26. The van der Waals surface area contributed by atoms with E-state index in [0.29, 0.717) is 29.3 Å². The van der Waals surface area contributed by atoms with Crippen molar-refractivity contribution in [2.45, 2.75) is 25.9 Å². The van der Waals surface area contributed by atoms with Crippen molar-refractivity contribution >= 4 is 17.4 Å². The molecule has 2 heterocycles. The molecule has 1 aliphatic heterocycles. The Bertz CT molecular complexity index is 1190. The number of rotatable bonds is 4. The molecule has 1 aromatic heterocycles. The molecule has 30 heavy (non-hydrogen) atoms. The highest BCUT2D eigenvalue weighted by molar-refractivity contribution is 6.04. The van der Waals surface area contributed by atoms with E-state index in [1.807, 2.05) is 13.8 Å². The molecule has 0 saturated carbocycles. The number of ether oxygens (including phenoxy) is 2. The zero-order valence-electron chi connectivity index (χ0n) is 16.7. The fourth-order valence-corrected chi connectivity index (χ4v) is 3.31. The van der Waals surface area contributed by atoms with Gasteiger partial charge in [-0.25, -0.2) is 9.24 Å². The lowest BCUT2D eigenvalue weighted by Gasteiger charge is -2.16. The van der Waals surface area contributed by atoms with Crippen molar-refractivity contribution in [1.82, 2.24) is 9.78 Å². The van der Waals surface area contributed by atoms with Crippen molar-refractivity contribution in [2.24, 2.45) is 7.05 Å². The van der Waals surface area contributed by atoms with Crippen LogP contribution in [0.5, 0.6) is 17.2 Å². The summed E-state index contributed by atoms with van der Waals surface area (Å²) in [5, 5.41) is 6.88. The molecular formula is C22H19FN4O3. The largest absolute Gasteiger partial charge is 0.487 e. The van der Waals surface area contributed by atoms with E-state index in [2.05, 4.69) is 15.3 Å². The van der Waals surface area contributed by atoms with Crippen molar-refractivity contribution < 1.29 is 18.7 Å². The van der Waals surface area contributed by atoms with Gasteiger partial charge in [0.05, 0.1) is 6.57 Å². The second kappa shape index (κ2) is 7.19. The molecule has 0 bridgehead atoms. The van der Waals surface area contributed by atoms with Gasteiger partial charge in [-0.2, -0.15) is 5.10 Å². The average molecular weight is 406 g/mol. The van der Waals surface area contributed by atoms with Gasteiger partial charge in [-0.05, 0) is 38.1 Å². The predicted octanol–water partition coefficient (Wildman–Crippen LogP) is 4.87. The topological polar surface area (TPSA) is 69.7 Å². The molecular weight excluding hydrogens is 387 g/mol. The van der Waals surface area contributed by atoms with E-state index < -0.39 is 11.4 Å². The molecule has 7 nitrogen and oxygen atoms in total. The lowest BCUT2D eigenvalue weighted by atomic mass is 9.99. The van der Waals surface area contributed by atoms with Crippen LogP contribution in [0.15, 0.2) is 42.6 Å². The minimum absolute atomic E-state index is 0.0828. The average Bonchev–Trinajstić information content (AvgIpc) is 3.22. The fourth-order valence-electron chi connectivity index (χ4n) is 3.31. The Balaban J connectivity index is 1.69. The number of hydrogen-bond acceptors (Lipinski definition) is 4. The Morgan fingerprint density at radius 1 is 1.33 bits per heavy atom. The number of halogens is 1. The van der Waals surface area contributed by atoms with Crippen molar-refractivity contribution in [3.8, 4) is 17.2 Å². The fraction of sp³-hybridized carbons (Fsp3) is 0.227. The summed E-state index contributed by atoms with van der Waals surface area (Å²) in [6.07, 6.45) is 2.29. The van der Waals surface area contributed by atoms with Gasteiger partial charge >= 0.3 is 0 Å². The summed E-state index contributed by atoms with van der Waals surface area (Å²) >= 11 is 0. The van der Waals surface area contributed by atoms with Gasteiger partial charge in [-0.1, -0.05) is 0 Å². The minimum atomic E-state index is -0.667. The first-order chi connectivity index (χ1) is 14.2. The molecule has 2 aromatic carbocycles. The molecule has 0 atom stereocenters. The lowest BCUT2D eigenvalue weighted by molar-refractivity contribution is 0.102. The number of amides is 1. The number of fused-ring (bicyclic) bond motifs is 1.